The van der Waals surface area contributed by atoms with E-state index >= 15 is 0 Å². The molecule has 1 aromatic carbocycles. The van der Waals surface area contributed by atoms with Crippen LogP contribution in [0.1, 0.15) is 6.42 Å². The van der Waals surface area contributed by atoms with Gasteiger partial charge in [0.15, 0.2) is 0 Å². The third-order valence-corrected chi connectivity index (χ3v) is 2.99. The second kappa shape index (κ2) is 4.25. The van der Waals surface area contributed by atoms with Crippen molar-refractivity contribution in [2.24, 2.45) is 0 Å². The van der Waals surface area contributed by atoms with Gasteiger partial charge in [-0.25, -0.2) is 0 Å². The van der Waals surface area contributed by atoms with Crippen molar-refractivity contribution < 1.29 is 14.7 Å². The molecular formula is C11H11ClN2O3. The van der Waals surface area contributed by atoms with E-state index in [9.17, 15) is 9.59 Å². The van der Waals surface area contributed by atoms with Crippen LogP contribution in [0.15, 0.2) is 18.2 Å². The number of hydrogen-bond donors (Lipinski definition) is 2. The smallest absolute Gasteiger partial charge is 0.305 e. The van der Waals surface area contributed by atoms with Gasteiger partial charge >= 0.3 is 5.97 Å². The number of hydrogen-bond acceptors (Lipinski definition) is 3. The molecule has 2 rings (SSSR count). The summed E-state index contributed by atoms with van der Waals surface area (Å²) in [5, 5.41) is 12.1. The molecule has 0 saturated carbocycles. The summed E-state index contributed by atoms with van der Waals surface area (Å²) < 4.78 is 0. The summed E-state index contributed by atoms with van der Waals surface area (Å²) in [7, 11) is 1.60. The standard InChI is InChI=1S/C11H11ClN2O3/c1-14-8-4-2-3-6(12)10(8)13-7(11(14)17)5-9(15)16/h2-4,7,13H,5H2,1H3,(H,15,16). The van der Waals surface area contributed by atoms with Crippen molar-refractivity contribution in [1.29, 1.82) is 0 Å². The van der Waals surface area contributed by atoms with Gasteiger partial charge in [0, 0.05) is 7.05 Å². The first kappa shape index (κ1) is 11.7. The number of anilines is 2. The molecule has 0 bridgehead atoms. The zero-order chi connectivity index (χ0) is 12.6. The number of carboxylic acids is 1. The van der Waals surface area contributed by atoms with Crippen molar-refractivity contribution in [2.45, 2.75) is 12.5 Å². The highest BCUT2D eigenvalue weighted by Crippen LogP contribution is 2.36. The van der Waals surface area contributed by atoms with E-state index < -0.39 is 12.0 Å². The summed E-state index contributed by atoms with van der Waals surface area (Å²) in [6, 6.07) is 4.41. The molecule has 0 aromatic heterocycles. The Labute approximate surface area is 103 Å². The fourth-order valence-electron chi connectivity index (χ4n) is 1.84. The summed E-state index contributed by atoms with van der Waals surface area (Å²) in [6.07, 6.45) is -0.270. The second-order valence-corrected chi connectivity index (χ2v) is 4.23. The first-order valence-corrected chi connectivity index (χ1v) is 5.43. The maximum Gasteiger partial charge on any atom is 0.305 e. The van der Waals surface area contributed by atoms with Crippen LogP contribution in [0.3, 0.4) is 0 Å². The molecule has 0 aliphatic carbocycles. The predicted molar refractivity (Wildman–Crippen MR) is 64.5 cm³/mol. The molecule has 17 heavy (non-hydrogen) atoms. The molecular weight excluding hydrogens is 244 g/mol. The minimum atomic E-state index is -1.03. The Balaban J connectivity index is 2.39. The van der Waals surface area contributed by atoms with Crippen LogP contribution >= 0.6 is 11.6 Å². The summed E-state index contributed by atoms with van der Waals surface area (Å²) in [5.74, 6) is -1.30. The molecule has 0 spiro atoms. The number of carbonyl (C=O) groups excluding carboxylic acids is 1. The average Bonchev–Trinajstić information content (AvgIpc) is 2.26. The van der Waals surface area contributed by atoms with E-state index in [1.54, 1.807) is 25.2 Å². The molecule has 1 amide bonds. The van der Waals surface area contributed by atoms with Crippen molar-refractivity contribution in [1.82, 2.24) is 0 Å². The molecule has 6 heteroatoms. The van der Waals surface area contributed by atoms with Crippen molar-refractivity contribution >= 4 is 34.9 Å². The number of halogens is 1. The molecule has 1 aromatic rings. The number of benzene rings is 1. The number of aliphatic carboxylic acids is 1. The number of amides is 1. The van der Waals surface area contributed by atoms with E-state index in [1.165, 1.54) is 4.90 Å². The quantitative estimate of drug-likeness (QED) is 0.841. The van der Waals surface area contributed by atoms with Crippen LogP contribution in [0.5, 0.6) is 0 Å². The van der Waals surface area contributed by atoms with Gasteiger partial charge in [-0.05, 0) is 12.1 Å². The topological polar surface area (TPSA) is 69.6 Å². The Morgan fingerprint density at radius 3 is 2.94 bits per heavy atom. The zero-order valence-corrected chi connectivity index (χ0v) is 9.86. The average molecular weight is 255 g/mol. The van der Waals surface area contributed by atoms with Crippen LogP contribution < -0.4 is 10.2 Å². The molecule has 1 aliphatic rings. The van der Waals surface area contributed by atoms with Crippen LogP contribution in [-0.4, -0.2) is 30.1 Å². The van der Waals surface area contributed by atoms with Crippen molar-refractivity contribution in [2.75, 3.05) is 17.3 Å². The number of nitrogens with one attached hydrogen (secondary N) is 1. The van der Waals surface area contributed by atoms with Crippen LogP contribution in [-0.2, 0) is 9.59 Å². The number of fused-ring (bicyclic) bond motifs is 1. The van der Waals surface area contributed by atoms with Gasteiger partial charge in [-0.2, -0.15) is 0 Å². The minimum absolute atomic E-state index is 0.270. The van der Waals surface area contributed by atoms with E-state index in [-0.39, 0.29) is 12.3 Å². The van der Waals surface area contributed by atoms with E-state index in [0.717, 1.165) is 0 Å². The molecule has 0 fully saturated rings. The zero-order valence-electron chi connectivity index (χ0n) is 9.11. The lowest BCUT2D eigenvalue weighted by molar-refractivity contribution is -0.138. The van der Waals surface area contributed by atoms with Crippen molar-refractivity contribution in [3.05, 3.63) is 23.2 Å². The monoisotopic (exact) mass is 254 g/mol. The summed E-state index contributed by atoms with van der Waals surface area (Å²) >= 11 is 6.01. The van der Waals surface area contributed by atoms with E-state index in [2.05, 4.69) is 5.32 Å². The number of likely N-dealkylation sites (N-methyl/N-ethyl adjacent to an activating group) is 1. The number of carboxylic acid groups (broad SMARTS) is 1. The Morgan fingerprint density at radius 1 is 1.59 bits per heavy atom. The first-order chi connectivity index (χ1) is 8.00. The molecule has 1 heterocycles. The Hall–Kier alpha value is -1.75. The molecule has 90 valence electrons. The summed E-state index contributed by atoms with van der Waals surface area (Å²) in [6.45, 7) is 0. The number of para-hydroxylation sites is 1. The van der Waals surface area contributed by atoms with E-state index in [1.807, 2.05) is 0 Å². The highest BCUT2D eigenvalue weighted by atomic mass is 35.5. The number of rotatable bonds is 2. The van der Waals surface area contributed by atoms with E-state index in [4.69, 9.17) is 16.7 Å². The Morgan fingerprint density at radius 2 is 2.29 bits per heavy atom. The van der Waals surface area contributed by atoms with Crippen molar-refractivity contribution in [3.8, 4) is 0 Å². The first-order valence-electron chi connectivity index (χ1n) is 5.05. The van der Waals surface area contributed by atoms with Gasteiger partial charge in [-0.1, -0.05) is 17.7 Å². The molecule has 0 radical (unpaired) electrons. The largest absolute Gasteiger partial charge is 0.481 e. The lowest BCUT2D eigenvalue weighted by atomic mass is 10.1. The lowest BCUT2D eigenvalue weighted by Gasteiger charge is -2.32. The van der Waals surface area contributed by atoms with Crippen LogP contribution in [0.2, 0.25) is 5.02 Å². The SMILES string of the molecule is CN1C(=O)C(CC(=O)O)Nc2c(Cl)cccc21. The predicted octanol–water partition coefficient (Wildman–Crippen LogP) is 1.57. The Kier molecular flexibility index (Phi) is 2.93. The van der Waals surface area contributed by atoms with Crippen LogP contribution in [0, 0.1) is 0 Å². The molecule has 1 aliphatic heterocycles. The maximum absolute atomic E-state index is 11.9. The third-order valence-electron chi connectivity index (χ3n) is 2.68. The number of carbonyl (C=O) groups is 2. The second-order valence-electron chi connectivity index (χ2n) is 3.83. The highest BCUT2D eigenvalue weighted by Gasteiger charge is 2.32. The van der Waals surface area contributed by atoms with Gasteiger partial charge in [-0.15, -0.1) is 0 Å². The summed E-state index contributed by atoms with van der Waals surface area (Å²) in [5.41, 5.74) is 1.26. The van der Waals surface area contributed by atoms with Gasteiger partial charge in [0.1, 0.15) is 6.04 Å². The fraction of sp³-hybridized carbons (Fsp3) is 0.273. The highest BCUT2D eigenvalue weighted by molar-refractivity contribution is 6.34. The Bertz CT molecular complexity index is 490. The molecule has 2 N–H and O–H groups in total. The van der Waals surface area contributed by atoms with Gasteiger partial charge in [0.05, 0.1) is 22.8 Å². The minimum Gasteiger partial charge on any atom is -0.481 e. The van der Waals surface area contributed by atoms with Crippen LogP contribution in [0.25, 0.3) is 0 Å². The van der Waals surface area contributed by atoms with Gasteiger partial charge in [0.25, 0.3) is 0 Å². The molecule has 5 nitrogen and oxygen atoms in total. The third kappa shape index (κ3) is 2.06. The summed E-state index contributed by atoms with van der Waals surface area (Å²) in [4.78, 5) is 24.0. The van der Waals surface area contributed by atoms with Gasteiger partial charge in [-0.3, -0.25) is 9.59 Å². The molecule has 0 saturated heterocycles. The van der Waals surface area contributed by atoms with Crippen molar-refractivity contribution in [3.63, 3.8) is 0 Å². The molecule has 1 atom stereocenters. The van der Waals surface area contributed by atoms with Gasteiger partial charge in [0.2, 0.25) is 5.91 Å². The molecule has 1 unspecified atom stereocenters. The van der Waals surface area contributed by atoms with E-state index in [0.29, 0.717) is 16.4 Å². The fourth-order valence-corrected chi connectivity index (χ4v) is 2.06. The normalized spacial score (nSPS) is 18.6. The number of nitrogens with zero attached hydrogens (tertiary/aromatic N) is 1. The maximum atomic E-state index is 11.9. The van der Waals surface area contributed by atoms with Gasteiger partial charge < -0.3 is 15.3 Å². The lowest BCUT2D eigenvalue weighted by Crippen LogP contribution is -2.46. The van der Waals surface area contributed by atoms with Crippen LogP contribution in [0.4, 0.5) is 11.4 Å².